The molecule has 160 valence electrons. The molecule has 4 rings (SSSR count). The fourth-order valence-electron chi connectivity index (χ4n) is 3.29. The van der Waals surface area contributed by atoms with E-state index in [9.17, 15) is 14.7 Å². The molecule has 1 amide bonds. The molecule has 0 atom stereocenters. The number of carboxylic acid groups (broad SMARTS) is 1. The van der Waals surface area contributed by atoms with E-state index in [2.05, 4.69) is 5.10 Å². The van der Waals surface area contributed by atoms with E-state index in [4.69, 9.17) is 16.3 Å². The first kappa shape index (κ1) is 21.3. The first-order chi connectivity index (χ1) is 15.4. The Labute approximate surface area is 190 Å². The number of carboxylic acids is 1. The maximum atomic E-state index is 13.1. The van der Waals surface area contributed by atoms with Crippen LogP contribution in [0.15, 0.2) is 83.5 Å². The van der Waals surface area contributed by atoms with Crippen molar-refractivity contribution in [1.29, 1.82) is 0 Å². The van der Waals surface area contributed by atoms with Gasteiger partial charge >= 0.3 is 5.97 Å². The number of amides is 1. The van der Waals surface area contributed by atoms with Gasteiger partial charge in [0, 0.05) is 5.56 Å². The lowest BCUT2D eigenvalue weighted by atomic mass is 10.1. The summed E-state index contributed by atoms with van der Waals surface area (Å²) in [6.07, 6.45) is 1.73. The lowest BCUT2D eigenvalue weighted by Gasteiger charge is -2.13. The number of hydrogen-bond acceptors (Lipinski definition) is 4. The third-order valence-corrected chi connectivity index (χ3v) is 5.27. The third-order valence-electron chi connectivity index (χ3n) is 4.94. The second-order valence-electron chi connectivity index (χ2n) is 7.14. The van der Waals surface area contributed by atoms with Gasteiger partial charge in [0.15, 0.2) is 0 Å². The number of halogens is 1. The van der Waals surface area contributed by atoms with Crippen molar-refractivity contribution in [2.75, 3.05) is 5.01 Å². The van der Waals surface area contributed by atoms with Crippen LogP contribution >= 0.6 is 11.6 Å². The molecule has 0 saturated heterocycles. The molecular weight excluding hydrogens is 428 g/mol. The summed E-state index contributed by atoms with van der Waals surface area (Å²) in [6.45, 7) is 2.13. The monoisotopic (exact) mass is 446 g/mol. The summed E-state index contributed by atoms with van der Waals surface area (Å²) in [4.78, 5) is 24.5. The van der Waals surface area contributed by atoms with Crippen LogP contribution in [0.2, 0.25) is 5.02 Å². The van der Waals surface area contributed by atoms with Crippen LogP contribution in [-0.2, 0) is 11.4 Å². The molecule has 1 aliphatic heterocycles. The lowest BCUT2D eigenvalue weighted by molar-refractivity contribution is -0.114. The summed E-state index contributed by atoms with van der Waals surface area (Å²) < 4.78 is 5.98. The summed E-state index contributed by atoms with van der Waals surface area (Å²) in [6, 6.07) is 21.6. The van der Waals surface area contributed by atoms with Crippen LogP contribution in [0.3, 0.4) is 0 Å². The van der Waals surface area contributed by atoms with E-state index in [0.29, 0.717) is 29.3 Å². The van der Waals surface area contributed by atoms with E-state index in [-0.39, 0.29) is 16.5 Å². The quantitative estimate of drug-likeness (QED) is 0.512. The second kappa shape index (κ2) is 9.08. The van der Waals surface area contributed by atoms with E-state index in [1.807, 2.05) is 54.6 Å². The van der Waals surface area contributed by atoms with Crippen molar-refractivity contribution in [3.05, 3.63) is 100 Å². The van der Waals surface area contributed by atoms with Gasteiger partial charge in [0.25, 0.3) is 5.91 Å². The van der Waals surface area contributed by atoms with Crippen molar-refractivity contribution < 1.29 is 19.4 Å². The molecule has 0 bridgehead atoms. The number of carbonyl (C=O) groups excluding carboxylic acids is 1. The molecular formula is C25H19ClN2O4. The average molecular weight is 447 g/mol. The number of aromatic carboxylic acids is 1. The van der Waals surface area contributed by atoms with Crippen LogP contribution in [-0.4, -0.2) is 22.7 Å². The van der Waals surface area contributed by atoms with Gasteiger partial charge in [0.2, 0.25) is 0 Å². The topological polar surface area (TPSA) is 79.2 Å². The highest BCUT2D eigenvalue weighted by Gasteiger charge is 2.29. The highest BCUT2D eigenvalue weighted by molar-refractivity contribution is 6.34. The zero-order valence-corrected chi connectivity index (χ0v) is 17.9. The molecule has 0 saturated carbocycles. The molecule has 0 radical (unpaired) electrons. The number of anilines is 1. The minimum atomic E-state index is -1.18. The van der Waals surface area contributed by atoms with Gasteiger partial charge in [0.1, 0.15) is 12.4 Å². The smallest absolute Gasteiger partial charge is 0.337 e. The van der Waals surface area contributed by atoms with Crippen molar-refractivity contribution in [1.82, 2.24) is 0 Å². The van der Waals surface area contributed by atoms with Gasteiger partial charge in [-0.05, 0) is 42.8 Å². The predicted octanol–water partition coefficient (Wildman–Crippen LogP) is 5.42. The van der Waals surface area contributed by atoms with Crippen molar-refractivity contribution in [2.24, 2.45) is 5.10 Å². The van der Waals surface area contributed by atoms with Gasteiger partial charge < -0.3 is 9.84 Å². The van der Waals surface area contributed by atoms with Crippen molar-refractivity contribution in [3.63, 3.8) is 0 Å². The van der Waals surface area contributed by atoms with E-state index in [1.165, 1.54) is 17.1 Å². The van der Waals surface area contributed by atoms with Crippen LogP contribution < -0.4 is 9.75 Å². The standard InChI is InChI=1S/C25H19ClN2O4/c1-16-20(24(29)28(27-16)19-11-12-22(26)21(14-19)25(30)31)13-18-9-5-6-10-23(18)32-15-17-7-3-2-4-8-17/h2-14H,15H2,1H3,(H,30,31)/b20-13-. The van der Waals surface area contributed by atoms with Gasteiger partial charge in [-0.3, -0.25) is 4.79 Å². The highest BCUT2D eigenvalue weighted by Crippen LogP contribution is 2.30. The predicted molar refractivity (Wildman–Crippen MR) is 124 cm³/mol. The summed E-state index contributed by atoms with van der Waals surface area (Å²) in [7, 11) is 0. The van der Waals surface area contributed by atoms with E-state index < -0.39 is 5.97 Å². The molecule has 1 aliphatic rings. The number of hydrazone groups is 1. The van der Waals surface area contributed by atoms with Crippen molar-refractivity contribution in [3.8, 4) is 5.75 Å². The Morgan fingerprint density at radius 3 is 2.56 bits per heavy atom. The van der Waals surface area contributed by atoms with Crippen LogP contribution in [0.1, 0.15) is 28.4 Å². The van der Waals surface area contributed by atoms with Crippen molar-refractivity contribution in [2.45, 2.75) is 13.5 Å². The number of nitrogens with zero attached hydrogens (tertiary/aromatic N) is 2. The number of hydrogen-bond donors (Lipinski definition) is 1. The number of para-hydroxylation sites is 1. The molecule has 0 aliphatic carbocycles. The first-order valence-electron chi connectivity index (χ1n) is 9.84. The molecule has 3 aromatic rings. The van der Waals surface area contributed by atoms with Gasteiger partial charge in [-0.25, -0.2) is 4.79 Å². The number of benzene rings is 3. The minimum Gasteiger partial charge on any atom is -0.488 e. The van der Waals surface area contributed by atoms with Gasteiger partial charge in [-0.15, -0.1) is 0 Å². The average Bonchev–Trinajstić information content (AvgIpc) is 3.07. The van der Waals surface area contributed by atoms with Crippen LogP contribution in [0.4, 0.5) is 5.69 Å². The van der Waals surface area contributed by atoms with Crippen LogP contribution in [0.5, 0.6) is 5.75 Å². The summed E-state index contributed by atoms with van der Waals surface area (Å²) in [5.41, 5.74) is 2.92. The molecule has 0 spiro atoms. The molecule has 7 heteroatoms. The maximum absolute atomic E-state index is 13.1. The number of carbonyl (C=O) groups is 2. The molecule has 0 aromatic heterocycles. The fraction of sp³-hybridized carbons (Fsp3) is 0.0800. The summed E-state index contributed by atoms with van der Waals surface area (Å²) in [5.74, 6) is -0.897. The first-order valence-corrected chi connectivity index (χ1v) is 10.2. The summed E-state index contributed by atoms with van der Waals surface area (Å²) in [5, 5.41) is 14.9. The molecule has 1 heterocycles. The molecule has 1 N–H and O–H groups in total. The van der Waals surface area contributed by atoms with Crippen LogP contribution in [0, 0.1) is 0 Å². The Bertz CT molecular complexity index is 1250. The van der Waals surface area contributed by atoms with Gasteiger partial charge in [-0.1, -0.05) is 60.1 Å². The van der Waals surface area contributed by atoms with Gasteiger partial charge in [-0.2, -0.15) is 10.1 Å². The zero-order chi connectivity index (χ0) is 22.7. The SMILES string of the molecule is CC1=NN(c2ccc(Cl)c(C(=O)O)c2)C(=O)/C1=C\c1ccccc1OCc1ccccc1. The maximum Gasteiger partial charge on any atom is 0.337 e. The zero-order valence-electron chi connectivity index (χ0n) is 17.2. The molecule has 0 unspecified atom stereocenters. The molecule has 3 aromatic carbocycles. The Morgan fingerprint density at radius 2 is 1.81 bits per heavy atom. The van der Waals surface area contributed by atoms with E-state index in [0.717, 1.165) is 11.1 Å². The number of rotatable bonds is 6. The Hall–Kier alpha value is -3.90. The third kappa shape index (κ3) is 4.40. The number of ether oxygens (including phenoxy) is 1. The minimum absolute atomic E-state index is 0.0915. The highest BCUT2D eigenvalue weighted by atomic mass is 35.5. The van der Waals surface area contributed by atoms with Gasteiger partial charge in [0.05, 0.1) is 27.6 Å². The Balaban J connectivity index is 1.61. The Morgan fingerprint density at radius 1 is 1.09 bits per heavy atom. The Kier molecular flexibility index (Phi) is 6.05. The molecule has 6 nitrogen and oxygen atoms in total. The lowest BCUT2D eigenvalue weighted by Crippen LogP contribution is -2.21. The largest absolute Gasteiger partial charge is 0.488 e. The normalized spacial score (nSPS) is 14.6. The molecule has 0 fully saturated rings. The van der Waals surface area contributed by atoms with E-state index >= 15 is 0 Å². The van der Waals surface area contributed by atoms with E-state index in [1.54, 1.807) is 19.1 Å². The second-order valence-corrected chi connectivity index (χ2v) is 7.55. The fourth-order valence-corrected chi connectivity index (χ4v) is 3.49. The van der Waals surface area contributed by atoms with Crippen molar-refractivity contribution >= 4 is 41.0 Å². The van der Waals surface area contributed by atoms with Crippen LogP contribution in [0.25, 0.3) is 6.08 Å². The summed E-state index contributed by atoms with van der Waals surface area (Å²) >= 11 is 5.94. The molecule has 32 heavy (non-hydrogen) atoms.